The molecule has 1 aromatic carbocycles. The van der Waals surface area contributed by atoms with Crippen LogP contribution in [0, 0.1) is 12.8 Å². The van der Waals surface area contributed by atoms with Gasteiger partial charge in [-0.15, -0.1) is 0 Å². The number of benzene rings is 1. The maximum Gasteiger partial charge on any atom is 0.251 e. The summed E-state index contributed by atoms with van der Waals surface area (Å²) in [4.78, 5) is 24.0. The van der Waals surface area contributed by atoms with E-state index in [0.717, 1.165) is 30.9 Å². The molecule has 5 heteroatoms. The van der Waals surface area contributed by atoms with E-state index in [1.54, 1.807) is 12.1 Å². The zero-order valence-corrected chi connectivity index (χ0v) is 12.9. The number of rotatable bonds is 7. The van der Waals surface area contributed by atoms with Crippen molar-refractivity contribution in [1.29, 1.82) is 0 Å². The Morgan fingerprint density at radius 1 is 1.18 bits per heavy atom. The van der Waals surface area contributed by atoms with Crippen LogP contribution in [0.15, 0.2) is 18.2 Å². The van der Waals surface area contributed by atoms with Gasteiger partial charge in [0.1, 0.15) is 0 Å². The Kier molecular flexibility index (Phi) is 4.43. The normalized spacial score (nSPS) is 17.1. The number of hydrogen-bond donors (Lipinski definition) is 3. The predicted octanol–water partition coefficient (Wildman–Crippen LogP) is 1.83. The molecule has 0 unspecified atom stereocenters. The highest BCUT2D eigenvalue weighted by Gasteiger charge is 2.24. The monoisotopic (exact) mass is 301 g/mol. The number of aryl methyl sites for hydroxylation is 1. The topological polar surface area (TPSA) is 70.2 Å². The molecule has 118 valence electrons. The molecule has 2 fully saturated rings. The fraction of sp³-hybridized carbons (Fsp3) is 0.529. The van der Waals surface area contributed by atoms with Crippen LogP contribution < -0.4 is 16.0 Å². The second kappa shape index (κ2) is 6.48. The van der Waals surface area contributed by atoms with Gasteiger partial charge in [-0.05, 0) is 62.8 Å². The zero-order valence-electron chi connectivity index (χ0n) is 12.9. The lowest BCUT2D eigenvalue weighted by Crippen LogP contribution is -2.30. The third kappa shape index (κ3) is 4.31. The van der Waals surface area contributed by atoms with E-state index < -0.39 is 0 Å². The summed E-state index contributed by atoms with van der Waals surface area (Å²) in [7, 11) is 0. The SMILES string of the molecule is Cc1ccc(C(=O)NC2CC2)cc1NC(=O)CNCC1CC1. The summed E-state index contributed by atoms with van der Waals surface area (Å²) in [6.07, 6.45) is 4.67. The number of anilines is 1. The molecule has 0 aliphatic heterocycles. The van der Waals surface area contributed by atoms with Gasteiger partial charge in [-0.3, -0.25) is 9.59 Å². The van der Waals surface area contributed by atoms with Crippen LogP contribution in [0.4, 0.5) is 5.69 Å². The van der Waals surface area contributed by atoms with E-state index in [1.165, 1.54) is 12.8 Å². The average molecular weight is 301 g/mol. The smallest absolute Gasteiger partial charge is 0.251 e. The zero-order chi connectivity index (χ0) is 15.5. The van der Waals surface area contributed by atoms with Gasteiger partial charge in [-0.2, -0.15) is 0 Å². The van der Waals surface area contributed by atoms with Crippen LogP contribution in [0.1, 0.15) is 41.6 Å². The molecule has 3 rings (SSSR count). The van der Waals surface area contributed by atoms with E-state index >= 15 is 0 Å². The molecule has 2 amide bonds. The fourth-order valence-electron chi connectivity index (χ4n) is 2.30. The van der Waals surface area contributed by atoms with Gasteiger partial charge in [0, 0.05) is 17.3 Å². The molecule has 0 atom stereocenters. The summed E-state index contributed by atoms with van der Waals surface area (Å²) in [6, 6.07) is 5.76. The second-order valence-corrected chi connectivity index (χ2v) is 6.40. The largest absolute Gasteiger partial charge is 0.349 e. The van der Waals surface area contributed by atoms with Crippen molar-refractivity contribution in [2.75, 3.05) is 18.4 Å². The molecule has 5 nitrogen and oxygen atoms in total. The molecule has 2 aliphatic rings. The standard InChI is InChI=1S/C17H23N3O2/c1-11-2-5-13(17(22)19-14-6-7-14)8-15(11)20-16(21)10-18-9-12-3-4-12/h2,5,8,12,14,18H,3-4,6-7,9-10H2,1H3,(H,19,22)(H,20,21). The molecule has 0 spiro atoms. The van der Waals surface area contributed by atoms with Gasteiger partial charge < -0.3 is 16.0 Å². The third-order valence-electron chi connectivity index (χ3n) is 4.10. The van der Waals surface area contributed by atoms with Crippen LogP contribution in [-0.4, -0.2) is 30.9 Å². The summed E-state index contributed by atoms with van der Waals surface area (Å²) in [5.74, 6) is 0.623. The minimum atomic E-state index is -0.0662. The van der Waals surface area contributed by atoms with E-state index in [4.69, 9.17) is 0 Å². The highest BCUT2D eigenvalue weighted by Crippen LogP contribution is 2.27. The van der Waals surface area contributed by atoms with Gasteiger partial charge in [-0.25, -0.2) is 0 Å². The summed E-state index contributed by atoms with van der Waals surface area (Å²) >= 11 is 0. The summed E-state index contributed by atoms with van der Waals surface area (Å²) in [5, 5.41) is 9.01. The van der Waals surface area contributed by atoms with Gasteiger partial charge in [0.25, 0.3) is 5.91 Å². The van der Waals surface area contributed by atoms with Crippen LogP contribution in [0.3, 0.4) is 0 Å². The summed E-state index contributed by atoms with van der Waals surface area (Å²) in [5.41, 5.74) is 2.26. The van der Waals surface area contributed by atoms with Crippen LogP contribution in [0.2, 0.25) is 0 Å². The Morgan fingerprint density at radius 2 is 1.95 bits per heavy atom. The molecule has 0 heterocycles. The average Bonchev–Trinajstić information content (AvgIpc) is 3.36. The quantitative estimate of drug-likeness (QED) is 0.719. The molecule has 1 aromatic rings. The van der Waals surface area contributed by atoms with Crippen LogP contribution in [-0.2, 0) is 4.79 Å². The lowest BCUT2D eigenvalue weighted by Gasteiger charge is -2.11. The summed E-state index contributed by atoms with van der Waals surface area (Å²) in [6.45, 7) is 3.15. The van der Waals surface area contributed by atoms with Gasteiger partial charge >= 0.3 is 0 Å². The molecule has 0 radical (unpaired) electrons. The van der Waals surface area contributed by atoms with Gasteiger partial charge in [-0.1, -0.05) is 6.07 Å². The Hall–Kier alpha value is -1.88. The number of nitrogens with one attached hydrogen (secondary N) is 3. The van der Waals surface area contributed by atoms with Crippen LogP contribution in [0.5, 0.6) is 0 Å². The lowest BCUT2D eigenvalue weighted by atomic mass is 10.1. The van der Waals surface area contributed by atoms with E-state index in [-0.39, 0.29) is 11.8 Å². The van der Waals surface area contributed by atoms with Crippen molar-refractivity contribution in [1.82, 2.24) is 10.6 Å². The van der Waals surface area contributed by atoms with Crippen molar-refractivity contribution in [3.8, 4) is 0 Å². The lowest BCUT2D eigenvalue weighted by molar-refractivity contribution is -0.115. The van der Waals surface area contributed by atoms with E-state index in [1.807, 2.05) is 13.0 Å². The molecule has 0 saturated heterocycles. The van der Waals surface area contributed by atoms with Crippen molar-refractivity contribution >= 4 is 17.5 Å². The molecule has 2 saturated carbocycles. The second-order valence-electron chi connectivity index (χ2n) is 6.40. The number of carbonyl (C=O) groups is 2. The first kappa shape index (κ1) is 15.0. The Morgan fingerprint density at radius 3 is 2.64 bits per heavy atom. The van der Waals surface area contributed by atoms with Gasteiger partial charge in [0.15, 0.2) is 0 Å². The Labute approximate surface area is 130 Å². The Bertz CT molecular complexity index is 577. The van der Waals surface area contributed by atoms with E-state index in [9.17, 15) is 9.59 Å². The maximum absolute atomic E-state index is 12.1. The number of carbonyl (C=O) groups excluding carboxylic acids is 2. The van der Waals surface area contributed by atoms with Crippen molar-refractivity contribution < 1.29 is 9.59 Å². The van der Waals surface area contributed by atoms with E-state index in [2.05, 4.69) is 16.0 Å². The predicted molar refractivity (Wildman–Crippen MR) is 85.9 cm³/mol. The van der Waals surface area contributed by atoms with Crippen LogP contribution in [0.25, 0.3) is 0 Å². The minimum Gasteiger partial charge on any atom is -0.349 e. The van der Waals surface area contributed by atoms with Crippen molar-refractivity contribution in [2.24, 2.45) is 5.92 Å². The minimum absolute atomic E-state index is 0.0649. The van der Waals surface area contributed by atoms with Gasteiger partial charge in [0.05, 0.1) is 6.54 Å². The summed E-state index contributed by atoms with van der Waals surface area (Å²) < 4.78 is 0. The molecule has 22 heavy (non-hydrogen) atoms. The number of hydrogen-bond acceptors (Lipinski definition) is 3. The first-order valence-electron chi connectivity index (χ1n) is 8.04. The molecule has 0 aromatic heterocycles. The van der Waals surface area contributed by atoms with Gasteiger partial charge in [0.2, 0.25) is 5.91 Å². The van der Waals surface area contributed by atoms with Crippen molar-refractivity contribution in [3.63, 3.8) is 0 Å². The Balaban J connectivity index is 1.56. The maximum atomic E-state index is 12.1. The molecular weight excluding hydrogens is 278 g/mol. The van der Waals surface area contributed by atoms with Crippen molar-refractivity contribution in [2.45, 2.75) is 38.6 Å². The van der Waals surface area contributed by atoms with Crippen LogP contribution >= 0.6 is 0 Å². The molecular formula is C17H23N3O2. The van der Waals surface area contributed by atoms with E-state index in [0.29, 0.717) is 23.8 Å². The highest BCUT2D eigenvalue weighted by atomic mass is 16.2. The molecule has 0 bridgehead atoms. The third-order valence-corrected chi connectivity index (χ3v) is 4.10. The first-order valence-corrected chi connectivity index (χ1v) is 8.04. The highest BCUT2D eigenvalue weighted by molar-refractivity contribution is 5.98. The molecule has 2 aliphatic carbocycles. The van der Waals surface area contributed by atoms with Crippen molar-refractivity contribution in [3.05, 3.63) is 29.3 Å². The number of amides is 2. The fourth-order valence-corrected chi connectivity index (χ4v) is 2.30. The first-order chi connectivity index (χ1) is 10.6. The molecule has 3 N–H and O–H groups in total.